The molecule has 0 saturated carbocycles. The fourth-order valence-electron chi connectivity index (χ4n) is 2.08. The van der Waals surface area contributed by atoms with Gasteiger partial charge in [0.1, 0.15) is 5.75 Å². The second-order valence-corrected chi connectivity index (χ2v) is 8.17. The first kappa shape index (κ1) is 19.9. The van der Waals surface area contributed by atoms with Gasteiger partial charge in [-0.25, -0.2) is 12.7 Å². The van der Waals surface area contributed by atoms with Gasteiger partial charge in [0.2, 0.25) is 10.0 Å². The van der Waals surface area contributed by atoms with E-state index in [0.717, 1.165) is 0 Å². The van der Waals surface area contributed by atoms with Crippen molar-refractivity contribution in [1.29, 1.82) is 0 Å². The third kappa shape index (κ3) is 5.81. The number of sulfonamides is 1. The molecule has 136 valence electrons. The van der Waals surface area contributed by atoms with Crippen molar-refractivity contribution in [2.75, 3.05) is 7.05 Å². The largest absolute Gasteiger partial charge is 0.435 e. The Labute approximate surface area is 155 Å². The molecule has 0 fully saturated rings. The lowest BCUT2D eigenvalue weighted by Crippen LogP contribution is -2.27. The van der Waals surface area contributed by atoms with E-state index in [0.29, 0.717) is 16.1 Å². The molecule has 0 bridgehead atoms. The predicted octanol–water partition coefficient (Wildman–Crippen LogP) is 4.56. The lowest BCUT2D eigenvalue weighted by molar-refractivity contribution is -0.0498. The fourth-order valence-corrected chi connectivity index (χ4v) is 3.57. The topological polar surface area (TPSA) is 46.6 Å². The Morgan fingerprint density at radius 2 is 1.64 bits per heavy atom. The molecule has 0 N–H and O–H groups in total. The second kappa shape index (κ2) is 8.31. The monoisotopic (exact) mass is 409 g/mol. The SMILES string of the molecule is CN(Cc1ccc(OC(F)F)cc1)S(=O)(=O)Cc1ccc(Cl)c(Cl)c1. The summed E-state index contributed by atoms with van der Waals surface area (Å²) in [4.78, 5) is 0. The van der Waals surface area contributed by atoms with Gasteiger partial charge in [0.05, 0.1) is 15.8 Å². The summed E-state index contributed by atoms with van der Waals surface area (Å²) in [5, 5.41) is 0.633. The molecular formula is C16H15Cl2F2NO3S. The molecule has 0 aliphatic carbocycles. The van der Waals surface area contributed by atoms with E-state index in [1.54, 1.807) is 6.07 Å². The van der Waals surface area contributed by atoms with Gasteiger partial charge in [-0.3, -0.25) is 0 Å². The molecule has 25 heavy (non-hydrogen) atoms. The van der Waals surface area contributed by atoms with Crippen LogP contribution in [-0.2, 0) is 22.3 Å². The van der Waals surface area contributed by atoms with Crippen LogP contribution in [0.2, 0.25) is 10.0 Å². The quantitative estimate of drug-likeness (QED) is 0.673. The molecule has 0 atom stereocenters. The first-order valence-electron chi connectivity index (χ1n) is 7.09. The Morgan fingerprint density at radius 1 is 1.04 bits per heavy atom. The van der Waals surface area contributed by atoms with Gasteiger partial charge in [-0.1, -0.05) is 41.4 Å². The van der Waals surface area contributed by atoms with Crippen molar-refractivity contribution in [1.82, 2.24) is 4.31 Å². The maximum absolute atomic E-state index is 12.4. The molecule has 0 unspecified atom stereocenters. The number of nitrogens with zero attached hydrogens (tertiary/aromatic N) is 1. The maximum atomic E-state index is 12.4. The minimum atomic E-state index is -3.59. The van der Waals surface area contributed by atoms with E-state index in [1.165, 1.54) is 47.8 Å². The number of rotatable bonds is 7. The van der Waals surface area contributed by atoms with Crippen molar-refractivity contribution < 1.29 is 21.9 Å². The number of benzene rings is 2. The Hall–Kier alpha value is -1.41. The van der Waals surface area contributed by atoms with Crippen LogP contribution < -0.4 is 4.74 Å². The van der Waals surface area contributed by atoms with Crippen LogP contribution in [0, 0.1) is 0 Å². The highest BCUT2D eigenvalue weighted by atomic mass is 35.5. The highest BCUT2D eigenvalue weighted by molar-refractivity contribution is 7.88. The van der Waals surface area contributed by atoms with Gasteiger partial charge < -0.3 is 4.74 Å². The number of halogens is 4. The molecule has 0 radical (unpaired) electrons. The third-order valence-electron chi connectivity index (χ3n) is 3.36. The van der Waals surface area contributed by atoms with Crippen molar-refractivity contribution in [3.63, 3.8) is 0 Å². The average Bonchev–Trinajstić information content (AvgIpc) is 2.52. The van der Waals surface area contributed by atoms with Gasteiger partial charge >= 0.3 is 6.61 Å². The molecule has 0 aromatic heterocycles. The van der Waals surface area contributed by atoms with Gasteiger partial charge in [0, 0.05) is 13.6 Å². The van der Waals surface area contributed by atoms with Gasteiger partial charge in [0.15, 0.2) is 0 Å². The zero-order chi connectivity index (χ0) is 18.6. The van der Waals surface area contributed by atoms with Crippen LogP contribution >= 0.6 is 23.2 Å². The van der Waals surface area contributed by atoms with Crippen molar-refractivity contribution in [2.45, 2.75) is 18.9 Å². The summed E-state index contributed by atoms with van der Waals surface area (Å²) < 4.78 is 54.6. The Kier molecular flexibility index (Phi) is 6.62. The normalized spacial score (nSPS) is 12.0. The molecule has 0 amide bonds. The molecule has 2 aromatic rings. The molecule has 0 aliphatic heterocycles. The van der Waals surface area contributed by atoms with Crippen LogP contribution in [-0.4, -0.2) is 26.4 Å². The maximum Gasteiger partial charge on any atom is 0.387 e. The number of hydrogen-bond donors (Lipinski definition) is 0. The van der Waals surface area contributed by atoms with Crippen LogP contribution in [0.4, 0.5) is 8.78 Å². The third-order valence-corrected chi connectivity index (χ3v) is 5.88. The predicted molar refractivity (Wildman–Crippen MR) is 93.6 cm³/mol. The highest BCUT2D eigenvalue weighted by Crippen LogP contribution is 2.24. The van der Waals surface area contributed by atoms with Crippen molar-refractivity contribution in [3.8, 4) is 5.75 Å². The Bertz CT molecular complexity index is 830. The molecular weight excluding hydrogens is 395 g/mol. The van der Waals surface area contributed by atoms with E-state index in [-0.39, 0.29) is 23.1 Å². The summed E-state index contributed by atoms with van der Waals surface area (Å²) in [6.07, 6.45) is 0. The molecule has 0 aliphatic rings. The molecule has 2 aromatic carbocycles. The van der Waals surface area contributed by atoms with E-state index in [2.05, 4.69) is 4.74 Å². The van der Waals surface area contributed by atoms with E-state index in [9.17, 15) is 17.2 Å². The smallest absolute Gasteiger partial charge is 0.387 e. The number of ether oxygens (including phenoxy) is 1. The Morgan fingerprint density at radius 3 is 2.20 bits per heavy atom. The fraction of sp³-hybridized carbons (Fsp3) is 0.250. The Balaban J connectivity index is 2.05. The number of alkyl halides is 2. The molecule has 4 nitrogen and oxygen atoms in total. The minimum absolute atomic E-state index is 0.0140. The zero-order valence-electron chi connectivity index (χ0n) is 13.1. The molecule has 0 spiro atoms. The van der Waals surface area contributed by atoms with Crippen LogP contribution in [0.3, 0.4) is 0 Å². The number of hydrogen-bond acceptors (Lipinski definition) is 3. The lowest BCUT2D eigenvalue weighted by atomic mass is 10.2. The first-order chi connectivity index (χ1) is 11.7. The van der Waals surface area contributed by atoms with Crippen LogP contribution in [0.5, 0.6) is 5.75 Å². The molecule has 2 rings (SSSR count). The average molecular weight is 410 g/mol. The van der Waals surface area contributed by atoms with Gasteiger partial charge in [0.25, 0.3) is 0 Å². The van der Waals surface area contributed by atoms with Gasteiger partial charge in [-0.05, 0) is 35.4 Å². The van der Waals surface area contributed by atoms with Crippen molar-refractivity contribution in [2.24, 2.45) is 0 Å². The van der Waals surface area contributed by atoms with E-state index >= 15 is 0 Å². The highest BCUT2D eigenvalue weighted by Gasteiger charge is 2.19. The summed E-state index contributed by atoms with van der Waals surface area (Å²) in [7, 11) is -2.15. The zero-order valence-corrected chi connectivity index (χ0v) is 15.5. The van der Waals surface area contributed by atoms with Gasteiger partial charge in [-0.2, -0.15) is 8.78 Å². The standard InChI is InChI=1S/C16H15Cl2F2NO3S/c1-21(9-11-2-5-13(6-3-11)24-16(19)20)25(22,23)10-12-4-7-14(17)15(18)8-12/h2-8,16H,9-10H2,1H3. The van der Waals surface area contributed by atoms with E-state index < -0.39 is 16.6 Å². The van der Waals surface area contributed by atoms with Gasteiger partial charge in [-0.15, -0.1) is 0 Å². The summed E-state index contributed by atoms with van der Waals surface area (Å²) in [6.45, 7) is -2.81. The minimum Gasteiger partial charge on any atom is -0.435 e. The first-order valence-corrected chi connectivity index (χ1v) is 9.45. The summed E-state index contributed by atoms with van der Waals surface area (Å²) in [6, 6.07) is 10.4. The van der Waals surface area contributed by atoms with E-state index in [1.807, 2.05) is 0 Å². The van der Waals surface area contributed by atoms with E-state index in [4.69, 9.17) is 23.2 Å². The molecule has 0 saturated heterocycles. The van der Waals surface area contributed by atoms with Crippen LogP contribution in [0.25, 0.3) is 0 Å². The summed E-state index contributed by atoms with van der Waals surface area (Å²) in [5.74, 6) is -0.215. The summed E-state index contributed by atoms with van der Waals surface area (Å²) in [5.41, 5.74) is 1.16. The van der Waals surface area contributed by atoms with Crippen molar-refractivity contribution in [3.05, 3.63) is 63.6 Å². The van der Waals surface area contributed by atoms with Crippen LogP contribution in [0.1, 0.15) is 11.1 Å². The molecule has 9 heteroatoms. The lowest BCUT2D eigenvalue weighted by Gasteiger charge is -2.18. The van der Waals surface area contributed by atoms with Crippen LogP contribution in [0.15, 0.2) is 42.5 Å². The summed E-state index contributed by atoms with van der Waals surface area (Å²) >= 11 is 11.7. The van der Waals surface area contributed by atoms with Crippen molar-refractivity contribution >= 4 is 33.2 Å². The second-order valence-electron chi connectivity index (χ2n) is 5.28. The molecule has 0 heterocycles.